The second-order valence-corrected chi connectivity index (χ2v) is 7.07. The van der Waals surface area contributed by atoms with E-state index in [1.165, 1.54) is 17.8 Å². The van der Waals surface area contributed by atoms with Gasteiger partial charge in [-0.1, -0.05) is 36.0 Å². The van der Waals surface area contributed by atoms with E-state index in [0.717, 1.165) is 11.1 Å². The number of pyridine rings is 1. The predicted molar refractivity (Wildman–Crippen MR) is 108 cm³/mol. The van der Waals surface area contributed by atoms with Crippen LogP contribution in [-0.2, 0) is 5.75 Å². The summed E-state index contributed by atoms with van der Waals surface area (Å²) in [5.74, 6) is -0.332. The maximum atomic E-state index is 14.6. The van der Waals surface area contributed by atoms with Gasteiger partial charge in [0.15, 0.2) is 11.0 Å². The van der Waals surface area contributed by atoms with Gasteiger partial charge in [-0.15, -0.1) is 10.2 Å². The Balaban J connectivity index is 1.69. The van der Waals surface area contributed by atoms with Crippen LogP contribution in [0.25, 0.3) is 17.1 Å². The number of halogens is 1. The number of carboxylic acids is 1. The van der Waals surface area contributed by atoms with Crippen LogP contribution in [0.2, 0.25) is 0 Å². The van der Waals surface area contributed by atoms with E-state index in [-0.39, 0.29) is 11.4 Å². The summed E-state index contributed by atoms with van der Waals surface area (Å²) in [4.78, 5) is 15.1. The van der Waals surface area contributed by atoms with Crippen molar-refractivity contribution in [3.05, 3.63) is 90.0 Å². The number of carbonyl (C=O) groups is 1. The van der Waals surface area contributed by atoms with Gasteiger partial charge in [0, 0.05) is 23.7 Å². The molecule has 0 aliphatic heterocycles. The lowest BCUT2D eigenvalue weighted by molar-refractivity contribution is 0.0697. The van der Waals surface area contributed by atoms with E-state index in [0.29, 0.717) is 22.4 Å². The Hall–Kier alpha value is -3.52. The zero-order valence-corrected chi connectivity index (χ0v) is 15.9. The van der Waals surface area contributed by atoms with Gasteiger partial charge in [0.05, 0.1) is 11.3 Å². The fourth-order valence-electron chi connectivity index (χ4n) is 2.79. The van der Waals surface area contributed by atoms with Gasteiger partial charge in [-0.05, 0) is 42.0 Å². The lowest BCUT2D eigenvalue weighted by Gasteiger charge is -2.11. The highest BCUT2D eigenvalue weighted by Gasteiger charge is 2.18. The average Bonchev–Trinajstić information content (AvgIpc) is 3.17. The zero-order chi connectivity index (χ0) is 20.2. The van der Waals surface area contributed by atoms with Crippen molar-refractivity contribution in [3.63, 3.8) is 0 Å². The monoisotopic (exact) mass is 406 g/mol. The topological polar surface area (TPSA) is 80.9 Å². The van der Waals surface area contributed by atoms with E-state index in [2.05, 4.69) is 15.2 Å². The first kappa shape index (κ1) is 18.8. The zero-order valence-electron chi connectivity index (χ0n) is 15.1. The fraction of sp³-hybridized carbons (Fsp3) is 0.0476. The summed E-state index contributed by atoms with van der Waals surface area (Å²) in [6, 6.07) is 16.7. The molecular weight excluding hydrogens is 391 g/mol. The minimum absolute atomic E-state index is 0.229. The van der Waals surface area contributed by atoms with Crippen molar-refractivity contribution in [1.82, 2.24) is 19.7 Å². The molecule has 0 spiro atoms. The normalized spacial score (nSPS) is 10.8. The molecule has 29 heavy (non-hydrogen) atoms. The van der Waals surface area contributed by atoms with Crippen molar-refractivity contribution in [1.29, 1.82) is 0 Å². The number of aromatic carboxylic acids is 1. The van der Waals surface area contributed by atoms with Gasteiger partial charge >= 0.3 is 5.97 Å². The van der Waals surface area contributed by atoms with Gasteiger partial charge in [0.1, 0.15) is 5.82 Å². The SMILES string of the molecule is O=C(O)c1ccc(CSc2nnc(-c3cccnc3)n2-c2ccccc2F)cc1. The van der Waals surface area contributed by atoms with Crippen molar-refractivity contribution >= 4 is 17.7 Å². The Morgan fingerprint density at radius 1 is 1.03 bits per heavy atom. The summed E-state index contributed by atoms with van der Waals surface area (Å²) in [5.41, 5.74) is 2.22. The van der Waals surface area contributed by atoms with Crippen LogP contribution >= 0.6 is 11.8 Å². The fourth-order valence-corrected chi connectivity index (χ4v) is 3.69. The molecule has 0 radical (unpaired) electrons. The van der Waals surface area contributed by atoms with Gasteiger partial charge < -0.3 is 5.11 Å². The maximum Gasteiger partial charge on any atom is 0.335 e. The lowest BCUT2D eigenvalue weighted by Crippen LogP contribution is -2.02. The van der Waals surface area contributed by atoms with E-state index >= 15 is 0 Å². The van der Waals surface area contributed by atoms with E-state index < -0.39 is 5.97 Å². The van der Waals surface area contributed by atoms with Crippen LogP contribution in [-0.4, -0.2) is 30.8 Å². The molecule has 2 aromatic carbocycles. The van der Waals surface area contributed by atoms with Crippen molar-refractivity contribution < 1.29 is 14.3 Å². The second-order valence-electron chi connectivity index (χ2n) is 6.13. The number of hydrogen-bond acceptors (Lipinski definition) is 5. The van der Waals surface area contributed by atoms with E-state index in [9.17, 15) is 9.18 Å². The molecule has 0 amide bonds. The number of para-hydroxylation sites is 1. The first-order chi connectivity index (χ1) is 14.1. The van der Waals surface area contributed by atoms with Crippen LogP contribution in [0.3, 0.4) is 0 Å². The summed E-state index contributed by atoms with van der Waals surface area (Å²) in [7, 11) is 0. The molecule has 6 nitrogen and oxygen atoms in total. The Morgan fingerprint density at radius 2 is 1.83 bits per heavy atom. The number of benzene rings is 2. The molecule has 0 bridgehead atoms. The molecule has 0 saturated heterocycles. The molecule has 0 saturated carbocycles. The van der Waals surface area contributed by atoms with Crippen molar-refractivity contribution in [2.24, 2.45) is 0 Å². The van der Waals surface area contributed by atoms with E-state index in [4.69, 9.17) is 5.11 Å². The summed E-state index contributed by atoms with van der Waals surface area (Å²) >= 11 is 1.39. The highest BCUT2D eigenvalue weighted by atomic mass is 32.2. The molecule has 144 valence electrons. The molecule has 0 fully saturated rings. The highest BCUT2D eigenvalue weighted by Crippen LogP contribution is 2.30. The number of aromatic nitrogens is 4. The van der Waals surface area contributed by atoms with Gasteiger partial charge in [0.2, 0.25) is 0 Å². The molecule has 1 N–H and O–H groups in total. The Kier molecular flexibility index (Phi) is 5.35. The minimum Gasteiger partial charge on any atom is -0.478 e. The van der Waals surface area contributed by atoms with Gasteiger partial charge in [-0.2, -0.15) is 0 Å². The standard InChI is InChI=1S/C21H15FN4O2S/c22-17-5-1-2-6-18(17)26-19(16-4-3-11-23-12-16)24-25-21(26)29-13-14-7-9-15(10-8-14)20(27)28/h1-12H,13H2,(H,27,28). The molecule has 0 atom stereocenters. The molecular formula is C21H15FN4O2S. The highest BCUT2D eigenvalue weighted by molar-refractivity contribution is 7.98. The number of hydrogen-bond donors (Lipinski definition) is 1. The maximum absolute atomic E-state index is 14.6. The quantitative estimate of drug-likeness (QED) is 0.476. The van der Waals surface area contributed by atoms with Crippen LogP contribution in [0.15, 0.2) is 78.2 Å². The van der Waals surface area contributed by atoms with Crippen molar-refractivity contribution in [2.75, 3.05) is 0 Å². The first-order valence-electron chi connectivity index (χ1n) is 8.69. The number of rotatable bonds is 6. The van der Waals surface area contributed by atoms with Crippen LogP contribution in [0, 0.1) is 5.82 Å². The Morgan fingerprint density at radius 3 is 2.52 bits per heavy atom. The van der Waals surface area contributed by atoms with Crippen LogP contribution < -0.4 is 0 Å². The molecule has 4 rings (SSSR count). The summed E-state index contributed by atoms with van der Waals surface area (Å²) < 4.78 is 16.2. The second kappa shape index (κ2) is 8.24. The largest absolute Gasteiger partial charge is 0.478 e. The van der Waals surface area contributed by atoms with Gasteiger partial charge in [-0.25, -0.2) is 9.18 Å². The average molecular weight is 406 g/mol. The number of thioether (sulfide) groups is 1. The van der Waals surface area contributed by atoms with E-state index in [1.807, 2.05) is 6.07 Å². The number of nitrogens with zero attached hydrogens (tertiary/aromatic N) is 4. The number of carboxylic acid groups (broad SMARTS) is 1. The Labute approximate surface area is 170 Å². The minimum atomic E-state index is -0.968. The summed E-state index contributed by atoms with van der Waals surface area (Å²) in [6.07, 6.45) is 3.31. The van der Waals surface area contributed by atoms with Crippen molar-refractivity contribution in [2.45, 2.75) is 10.9 Å². The van der Waals surface area contributed by atoms with E-state index in [1.54, 1.807) is 65.5 Å². The van der Waals surface area contributed by atoms with Crippen LogP contribution in [0.5, 0.6) is 0 Å². The molecule has 2 heterocycles. The molecule has 0 unspecified atom stereocenters. The summed E-state index contributed by atoms with van der Waals surface area (Å²) in [6.45, 7) is 0. The third-order valence-corrected chi connectivity index (χ3v) is 5.22. The Bertz CT molecular complexity index is 1150. The molecule has 8 heteroatoms. The summed E-state index contributed by atoms with van der Waals surface area (Å²) in [5, 5.41) is 18.1. The lowest BCUT2D eigenvalue weighted by atomic mass is 10.1. The van der Waals surface area contributed by atoms with Crippen molar-refractivity contribution in [3.8, 4) is 17.1 Å². The molecule has 4 aromatic rings. The molecule has 0 aliphatic rings. The molecule has 2 aromatic heterocycles. The first-order valence-corrected chi connectivity index (χ1v) is 9.68. The molecule has 0 aliphatic carbocycles. The smallest absolute Gasteiger partial charge is 0.335 e. The van der Waals surface area contributed by atoms with Gasteiger partial charge in [0.25, 0.3) is 0 Å². The predicted octanol–water partition coefficient (Wildman–Crippen LogP) is 4.46. The third-order valence-electron chi connectivity index (χ3n) is 4.22. The third kappa shape index (κ3) is 4.02. The van der Waals surface area contributed by atoms with Gasteiger partial charge in [-0.3, -0.25) is 9.55 Å². The van der Waals surface area contributed by atoms with Crippen LogP contribution in [0.4, 0.5) is 4.39 Å². The van der Waals surface area contributed by atoms with Crippen LogP contribution in [0.1, 0.15) is 15.9 Å².